The number of aromatic amines is 1. The van der Waals surface area contributed by atoms with Gasteiger partial charge in [-0.2, -0.15) is 4.98 Å². The van der Waals surface area contributed by atoms with Crippen LogP contribution in [0.4, 0.5) is 11.6 Å². The maximum atomic E-state index is 11.9. The minimum atomic E-state index is -3.22. The fourth-order valence-electron chi connectivity index (χ4n) is 2.92. The van der Waals surface area contributed by atoms with Gasteiger partial charge in [0.05, 0.1) is 6.07 Å². The minimum absolute atomic E-state index is 0.107. The Hall–Kier alpha value is -3.32. The van der Waals surface area contributed by atoms with Gasteiger partial charge in [-0.05, 0) is 58.0 Å². The van der Waals surface area contributed by atoms with Gasteiger partial charge in [0.1, 0.15) is 27.8 Å². The second-order valence-electron chi connectivity index (χ2n) is 11.5. The predicted molar refractivity (Wildman–Crippen MR) is 186 cm³/mol. The lowest BCUT2D eigenvalue weighted by molar-refractivity contribution is -0.123. The monoisotopic (exact) mass is 764 g/mol. The normalized spacial score (nSPS) is 11.3. The van der Waals surface area contributed by atoms with Crippen molar-refractivity contribution in [2.45, 2.75) is 41.5 Å². The number of nitrogens with zero attached hydrogens (tertiary/aromatic N) is 5. The Labute approximate surface area is 294 Å². The lowest BCUT2D eigenvalue weighted by Gasteiger charge is -2.17. The first-order chi connectivity index (χ1) is 21.5. The van der Waals surface area contributed by atoms with Gasteiger partial charge in [0.15, 0.2) is 5.82 Å². The molecule has 0 aliphatic heterocycles. The molecule has 19 heteroatoms. The van der Waals surface area contributed by atoms with Crippen LogP contribution in [0, 0.1) is 10.8 Å². The number of amides is 2. The summed E-state index contributed by atoms with van der Waals surface area (Å²) in [6.45, 7) is 10.9. The second kappa shape index (κ2) is 16.7. The van der Waals surface area contributed by atoms with Crippen molar-refractivity contribution in [2.24, 2.45) is 10.8 Å². The summed E-state index contributed by atoms with van der Waals surface area (Å²) < 4.78 is 9.51. The maximum absolute atomic E-state index is 11.9. The van der Waals surface area contributed by atoms with E-state index in [9.17, 15) is 24.1 Å². The van der Waals surface area contributed by atoms with Gasteiger partial charge in [-0.25, -0.2) is 19.9 Å². The van der Waals surface area contributed by atoms with Crippen LogP contribution in [0.25, 0.3) is 22.8 Å². The number of pyridine rings is 2. The molecule has 4 rings (SSSR count). The van der Waals surface area contributed by atoms with Crippen LogP contribution in [-0.2, 0) is 14.2 Å². The molecule has 4 aromatic rings. The van der Waals surface area contributed by atoms with Gasteiger partial charge in [0.2, 0.25) is 17.7 Å². The summed E-state index contributed by atoms with van der Waals surface area (Å²) in [4.78, 5) is 57.7. The van der Waals surface area contributed by atoms with Crippen molar-refractivity contribution < 1.29 is 19.3 Å². The van der Waals surface area contributed by atoms with Crippen LogP contribution in [0.1, 0.15) is 41.5 Å². The Bertz CT molecular complexity index is 1780. The van der Waals surface area contributed by atoms with Crippen LogP contribution in [0.15, 0.2) is 53.6 Å². The van der Waals surface area contributed by atoms with E-state index in [0.29, 0.717) is 28.6 Å². The van der Waals surface area contributed by atoms with Crippen LogP contribution in [0.5, 0.6) is 5.88 Å². The SMILES string of the molecule is CC(C)(C)C(=O)Nc1ccc(-c2nc(Cl)cc(Cl)n2)cn1.CC(C)(C)C(=O)Nc1ccc(-c2nc(O)cc(=O)[nH]2)cn1.O=P(Cl)(Cl)Cl. The summed E-state index contributed by atoms with van der Waals surface area (Å²) in [6, 6.07) is 9.10. The summed E-state index contributed by atoms with van der Waals surface area (Å²) in [5.41, 5.74) is -0.269. The summed E-state index contributed by atoms with van der Waals surface area (Å²) in [5.74, 6) is 0.846. The van der Waals surface area contributed by atoms with Gasteiger partial charge >= 0.3 is 5.20 Å². The Morgan fingerprint density at radius 3 is 1.55 bits per heavy atom. The molecule has 4 heterocycles. The number of nitrogens with one attached hydrogen (secondary N) is 3. The number of rotatable bonds is 4. The number of carbonyl (C=O) groups is 2. The fourth-order valence-corrected chi connectivity index (χ4v) is 3.34. The summed E-state index contributed by atoms with van der Waals surface area (Å²) in [5, 5.41) is 12.0. The molecule has 2 amide bonds. The number of anilines is 2. The summed E-state index contributed by atoms with van der Waals surface area (Å²) in [7, 11) is 0. The molecule has 4 aromatic heterocycles. The van der Waals surface area contributed by atoms with E-state index in [4.69, 9.17) is 23.2 Å². The first-order valence-electron chi connectivity index (χ1n) is 13.3. The predicted octanol–water partition coefficient (Wildman–Crippen LogP) is 8.16. The van der Waals surface area contributed by atoms with E-state index >= 15 is 0 Å². The average Bonchev–Trinajstić information content (AvgIpc) is 2.91. The lowest BCUT2D eigenvalue weighted by Crippen LogP contribution is -2.27. The highest BCUT2D eigenvalue weighted by Crippen LogP contribution is 2.61. The quantitative estimate of drug-likeness (QED) is 0.116. The third-order valence-electron chi connectivity index (χ3n) is 5.30. The minimum Gasteiger partial charge on any atom is -0.493 e. The number of aromatic nitrogens is 6. The maximum Gasteiger partial charge on any atom is 0.339 e. The first kappa shape index (κ1) is 39.9. The zero-order chi connectivity index (χ0) is 35.7. The van der Waals surface area contributed by atoms with E-state index < -0.39 is 21.6 Å². The molecule has 252 valence electrons. The molecule has 0 saturated carbocycles. The number of H-pyrrole nitrogens is 1. The van der Waals surface area contributed by atoms with Crippen molar-refractivity contribution in [1.82, 2.24) is 29.9 Å². The molecule has 0 fully saturated rings. The molecule has 0 aliphatic rings. The molecule has 0 aromatic carbocycles. The molecule has 0 unspecified atom stereocenters. The molecule has 0 bridgehead atoms. The van der Waals surface area contributed by atoms with E-state index in [2.05, 4.69) is 74.3 Å². The van der Waals surface area contributed by atoms with Crippen LogP contribution in [-0.4, -0.2) is 46.8 Å². The van der Waals surface area contributed by atoms with E-state index in [-0.39, 0.29) is 33.8 Å². The van der Waals surface area contributed by atoms with Crippen LogP contribution < -0.4 is 16.2 Å². The average molecular weight is 767 g/mol. The van der Waals surface area contributed by atoms with E-state index in [1.165, 1.54) is 12.3 Å². The molecule has 0 spiro atoms. The van der Waals surface area contributed by atoms with Crippen LogP contribution in [0.3, 0.4) is 0 Å². The zero-order valence-corrected chi connectivity index (χ0v) is 30.4. The Morgan fingerprint density at radius 2 is 1.19 bits per heavy atom. The highest BCUT2D eigenvalue weighted by atomic mass is 36.0. The van der Waals surface area contributed by atoms with Crippen LogP contribution in [0.2, 0.25) is 10.3 Å². The lowest BCUT2D eigenvalue weighted by atomic mass is 9.96. The number of carbonyl (C=O) groups excluding carboxylic acids is 2. The van der Waals surface area contributed by atoms with E-state index in [1.54, 1.807) is 51.2 Å². The molecular formula is C28H30Cl5N8O5P. The van der Waals surface area contributed by atoms with Crippen molar-refractivity contribution >= 4 is 85.6 Å². The van der Waals surface area contributed by atoms with Gasteiger partial charge in [-0.15, -0.1) is 0 Å². The largest absolute Gasteiger partial charge is 0.493 e. The molecule has 47 heavy (non-hydrogen) atoms. The zero-order valence-electron chi connectivity index (χ0n) is 25.8. The van der Waals surface area contributed by atoms with Crippen molar-refractivity contribution in [3.8, 4) is 28.7 Å². The van der Waals surface area contributed by atoms with Crippen LogP contribution >= 0.6 is 62.1 Å². The Balaban J connectivity index is 0.000000286. The van der Waals surface area contributed by atoms with Crippen molar-refractivity contribution in [1.29, 1.82) is 0 Å². The van der Waals surface area contributed by atoms with E-state index in [0.717, 1.165) is 6.07 Å². The molecule has 4 N–H and O–H groups in total. The van der Waals surface area contributed by atoms with Gasteiger partial charge in [-0.3, -0.25) is 18.9 Å². The van der Waals surface area contributed by atoms with Crippen molar-refractivity contribution in [3.05, 3.63) is 69.5 Å². The number of aromatic hydroxyl groups is 1. The Morgan fingerprint density at radius 1 is 0.766 bits per heavy atom. The van der Waals surface area contributed by atoms with Gasteiger partial charge < -0.3 is 20.7 Å². The first-order valence-corrected chi connectivity index (χ1v) is 18.4. The number of hydrogen-bond donors (Lipinski definition) is 4. The number of halogens is 5. The van der Waals surface area contributed by atoms with Gasteiger partial charge in [0, 0.05) is 40.4 Å². The smallest absolute Gasteiger partial charge is 0.339 e. The molecule has 0 aliphatic carbocycles. The molecule has 13 nitrogen and oxygen atoms in total. The standard InChI is InChI=1S/C14H14Cl2N4O.C14H16N4O3.Cl3OP/c1-14(2,3)13(21)20-11-5-4-8(7-17-11)12-18-9(15)6-10(16)19-12;1-14(2,3)13(21)16-9-5-4-8(7-15-9)12-17-10(19)6-11(20)18-12;1-5(2,3)4/h4-7H,1-3H3,(H,17,20,21);4-7H,1-3H3,(H,15,16,21)(H2,17,18,19,20);. The van der Waals surface area contributed by atoms with Gasteiger partial charge in [-0.1, -0.05) is 64.7 Å². The van der Waals surface area contributed by atoms with Crippen molar-refractivity contribution in [2.75, 3.05) is 10.6 Å². The Kier molecular flexibility index (Phi) is 14.1. The van der Waals surface area contributed by atoms with Gasteiger partial charge in [0.25, 0.3) is 5.56 Å². The highest BCUT2D eigenvalue weighted by molar-refractivity contribution is 8.24. The molecule has 0 atom stereocenters. The van der Waals surface area contributed by atoms with Crippen molar-refractivity contribution in [3.63, 3.8) is 0 Å². The number of hydrogen-bond acceptors (Lipinski definition) is 10. The third-order valence-corrected chi connectivity index (χ3v) is 5.68. The highest BCUT2D eigenvalue weighted by Gasteiger charge is 2.22. The van der Waals surface area contributed by atoms with E-state index in [1.807, 2.05) is 20.8 Å². The molecular weight excluding hydrogens is 737 g/mol. The second-order valence-corrected chi connectivity index (χ2v) is 18.9. The molecule has 0 saturated heterocycles. The fraction of sp³-hybridized carbons (Fsp3) is 0.286. The third kappa shape index (κ3) is 15.0. The topological polar surface area (TPSA) is 193 Å². The molecule has 0 radical (unpaired) electrons. The summed E-state index contributed by atoms with van der Waals surface area (Å²) in [6.07, 6.45) is 3.01. The summed E-state index contributed by atoms with van der Waals surface area (Å²) >= 11 is 25.5.